The predicted octanol–water partition coefficient (Wildman–Crippen LogP) is 6.59. The molecular formula is C30H43N3O2. The molecular weight excluding hydrogens is 434 g/mol. The van der Waals surface area contributed by atoms with Gasteiger partial charge < -0.3 is 15.1 Å². The first-order valence-corrected chi connectivity index (χ1v) is 13.3. The topological polar surface area (TPSA) is 52.7 Å². The Morgan fingerprint density at radius 3 is 2.29 bits per heavy atom. The van der Waals surface area contributed by atoms with Crippen molar-refractivity contribution in [2.75, 3.05) is 24.3 Å². The minimum atomic E-state index is -0.144. The lowest BCUT2D eigenvalue weighted by atomic mass is 9.90. The number of anilines is 2. The monoisotopic (exact) mass is 477 g/mol. The highest BCUT2D eigenvalue weighted by Gasteiger charge is 2.31. The van der Waals surface area contributed by atoms with E-state index in [0.29, 0.717) is 18.9 Å². The number of nitrogens with one attached hydrogen (secondary N) is 1. The van der Waals surface area contributed by atoms with Gasteiger partial charge in [-0.2, -0.15) is 0 Å². The highest BCUT2D eigenvalue weighted by molar-refractivity contribution is 5.91. The summed E-state index contributed by atoms with van der Waals surface area (Å²) in [6.07, 6.45) is 6.96. The molecule has 3 rings (SSSR count). The van der Waals surface area contributed by atoms with E-state index >= 15 is 0 Å². The zero-order valence-corrected chi connectivity index (χ0v) is 22.2. The summed E-state index contributed by atoms with van der Waals surface area (Å²) >= 11 is 0. The van der Waals surface area contributed by atoms with Crippen LogP contribution in [0.5, 0.6) is 0 Å². The summed E-state index contributed by atoms with van der Waals surface area (Å²) < 4.78 is 0. The van der Waals surface area contributed by atoms with E-state index in [0.717, 1.165) is 41.8 Å². The van der Waals surface area contributed by atoms with Gasteiger partial charge in [0.25, 0.3) is 0 Å². The second kappa shape index (κ2) is 12.8. The minimum absolute atomic E-state index is 0.0268. The first-order valence-electron chi connectivity index (χ1n) is 13.3. The molecule has 0 aromatic heterocycles. The summed E-state index contributed by atoms with van der Waals surface area (Å²) in [5.74, 6) is 0.400. The van der Waals surface area contributed by atoms with Gasteiger partial charge in [-0.15, -0.1) is 0 Å². The van der Waals surface area contributed by atoms with Crippen LogP contribution in [-0.2, 0) is 16.1 Å². The molecule has 0 bridgehead atoms. The number of amides is 2. The fourth-order valence-corrected chi connectivity index (χ4v) is 5.21. The Morgan fingerprint density at radius 1 is 1.00 bits per heavy atom. The smallest absolute Gasteiger partial charge is 0.230 e. The van der Waals surface area contributed by atoms with E-state index in [4.69, 9.17) is 0 Å². The molecule has 1 atom stereocenters. The number of rotatable bonds is 10. The summed E-state index contributed by atoms with van der Waals surface area (Å²) in [6, 6.07) is 16.5. The molecule has 190 valence electrons. The van der Waals surface area contributed by atoms with Crippen LogP contribution in [0.25, 0.3) is 0 Å². The summed E-state index contributed by atoms with van der Waals surface area (Å²) in [5.41, 5.74) is 4.03. The summed E-state index contributed by atoms with van der Waals surface area (Å²) in [7, 11) is 4.06. The Bertz CT molecular complexity index is 965. The van der Waals surface area contributed by atoms with Crippen LogP contribution in [0.1, 0.15) is 82.8 Å². The third-order valence-corrected chi connectivity index (χ3v) is 6.99. The molecule has 1 aliphatic carbocycles. The van der Waals surface area contributed by atoms with Gasteiger partial charge in [0.2, 0.25) is 11.8 Å². The standard InChI is InChI=1S/C30H43N3O2/c1-6-27(23-13-9-7-10-14-23)30(35)33(26-15-11-8-12-16-26)21-24-20-25(17-18-28(24)32(4)5)31-29(34)19-22(2)3/h7,9-10,13-14,17-18,20,22,26-27H,6,8,11-12,15-16,19,21H2,1-5H3,(H,31,34)/t27-/m1/s1. The average Bonchev–Trinajstić information content (AvgIpc) is 2.83. The Kier molecular flexibility index (Phi) is 9.76. The van der Waals surface area contributed by atoms with E-state index in [2.05, 4.69) is 46.3 Å². The molecule has 0 heterocycles. The summed E-state index contributed by atoms with van der Waals surface area (Å²) in [6.45, 7) is 6.74. The zero-order valence-electron chi connectivity index (χ0n) is 22.2. The van der Waals surface area contributed by atoms with E-state index in [-0.39, 0.29) is 23.8 Å². The van der Waals surface area contributed by atoms with Crippen LogP contribution in [0.4, 0.5) is 11.4 Å². The molecule has 1 fully saturated rings. The summed E-state index contributed by atoms with van der Waals surface area (Å²) in [5, 5.41) is 3.06. The van der Waals surface area contributed by atoms with Crippen LogP contribution in [0.3, 0.4) is 0 Å². The Morgan fingerprint density at radius 2 is 1.69 bits per heavy atom. The van der Waals surface area contributed by atoms with Crippen molar-refractivity contribution in [2.24, 2.45) is 5.92 Å². The minimum Gasteiger partial charge on any atom is -0.377 e. The van der Waals surface area contributed by atoms with E-state index in [9.17, 15) is 9.59 Å². The van der Waals surface area contributed by atoms with E-state index in [1.54, 1.807) is 0 Å². The zero-order chi connectivity index (χ0) is 25.4. The highest BCUT2D eigenvalue weighted by atomic mass is 16.2. The number of carbonyl (C=O) groups is 2. The molecule has 1 saturated carbocycles. The second-order valence-electron chi connectivity index (χ2n) is 10.5. The molecule has 5 nitrogen and oxygen atoms in total. The van der Waals surface area contributed by atoms with Crippen molar-refractivity contribution in [1.82, 2.24) is 4.90 Å². The van der Waals surface area contributed by atoms with Crippen molar-refractivity contribution in [1.29, 1.82) is 0 Å². The van der Waals surface area contributed by atoms with Crippen LogP contribution < -0.4 is 10.2 Å². The fraction of sp³-hybridized carbons (Fsp3) is 0.533. The summed E-state index contributed by atoms with van der Waals surface area (Å²) in [4.78, 5) is 30.7. The SMILES string of the molecule is CC[C@@H](C(=O)N(Cc1cc(NC(=O)CC(C)C)ccc1N(C)C)C1CCCCC1)c1ccccc1. The van der Waals surface area contributed by atoms with Crippen LogP contribution in [-0.4, -0.2) is 36.9 Å². The largest absolute Gasteiger partial charge is 0.377 e. The van der Waals surface area contributed by atoms with Gasteiger partial charge in [0, 0.05) is 44.5 Å². The van der Waals surface area contributed by atoms with Gasteiger partial charge in [-0.1, -0.05) is 70.4 Å². The first-order chi connectivity index (χ1) is 16.8. The van der Waals surface area contributed by atoms with E-state index in [1.165, 1.54) is 19.3 Å². The highest BCUT2D eigenvalue weighted by Crippen LogP contribution is 2.32. The van der Waals surface area contributed by atoms with Crippen LogP contribution in [0, 0.1) is 5.92 Å². The number of hydrogen-bond donors (Lipinski definition) is 1. The molecule has 35 heavy (non-hydrogen) atoms. The number of carbonyl (C=O) groups excluding carboxylic acids is 2. The molecule has 0 spiro atoms. The Balaban J connectivity index is 1.94. The van der Waals surface area contributed by atoms with Crippen molar-refractivity contribution in [2.45, 2.75) is 84.2 Å². The van der Waals surface area contributed by atoms with Crippen molar-refractivity contribution in [3.63, 3.8) is 0 Å². The molecule has 1 N–H and O–H groups in total. The van der Waals surface area contributed by atoms with Gasteiger partial charge in [0.15, 0.2) is 0 Å². The normalized spacial score (nSPS) is 15.0. The maximum atomic E-state index is 14.1. The molecule has 2 aromatic rings. The van der Waals surface area contributed by atoms with Crippen molar-refractivity contribution >= 4 is 23.2 Å². The lowest BCUT2D eigenvalue weighted by Gasteiger charge is -2.37. The van der Waals surface area contributed by atoms with E-state index < -0.39 is 0 Å². The molecule has 1 aliphatic rings. The Hall–Kier alpha value is -2.82. The maximum Gasteiger partial charge on any atom is 0.230 e. The van der Waals surface area contributed by atoms with Gasteiger partial charge >= 0.3 is 0 Å². The molecule has 0 saturated heterocycles. The van der Waals surface area contributed by atoms with E-state index in [1.807, 2.05) is 52.2 Å². The molecule has 0 radical (unpaired) electrons. The van der Waals surface area contributed by atoms with Crippen molar-refractivity contribution in [3.05, 3.63) is 59.7 Å². The van der Waals surface area contributed by atoms with Gasteiger partial charge in [-0.05, 0) is 54.5 Å². The lowest BCUT2D eigenvalue weighted by Crippen LogP contribution is -2.43. The van der Waals surface area contributed by atoms with Gasteiger partial charge in [0.05, 0.1) is 5.92 Å². The maximum absolute atomic E-state index is 14.1. The molecule has 5 heteroatoms. The first kappa shape index (κ1) is 26.8. The number of hydrogen-bond acceptors (Lipinski definition) is 3. The lowest BCUT2D eigenvalue weighted by molar-refractivity contribution is -0.136. The van der Waals surface area contributed by atoms with Gasteiger partial charge in [-0.3, -0.25) is 9.59 Å². The predicted molar refractivity (Wildman–Crippen MR) is 146 cm³/mol. The molecule has 2 aromatic carbocycles. The molecule has 2 amide bonds. The van der Waals surface area contributed by atoms with Crippen LogP contribution >= 0.6 is 0 Å². The van der Waals surface area contributed by atoms with Crippen LogP contribution in [0.2, 0.25) is 0 Å². The van der Waals surface area contributed by atoms with Crippen LogP contribution in [0.15, 0.2) is 48.5 Å². The van der Waals surface area contributed by atoms with Gasteiger partial charge in [0.1, 0.15) is 0 Å². The number of benzene rings is 2. The number of nitrogens with zero attached hydrogens (tertiary/aromatic N) is 2. The van der Waals surface area contributed by atoms with Crippen molar-refractivity contribution in [3.8, 4) is 0 Å². The Labute approximate surface area is 211 Å². The fourth-order valence-electron chi connectivity index (χ4n) is 5.21. The average molecular weight is 478 g/mol. The molecule has 0 aliphatic heterocycles. The third-order valence-electron chi connectivity index (χ3n) is 6.99. The van der Waals surface area contributed by atoms with Gasteiger partial charge in [-0.25, -0.2) is 0 Å². The quantitative estimate of drug-likeness (QED) is 0.420. The second-order valence-corrected chi connectivity index (χ2v) is 10.5. The third kappa shape index (κ3) is 7.33. The molecule has 0 unspecified atom stereocenters. The van der Waals surface area contributed by atoms with Crippen molar-refractivity contribution < 1.29 is 9.59 Å².